The monoisotopic (exact) mass is 461 g/mol. The maximum absolute atomic E-state index is 13.7. The predicted molar refractivity (Wildman–Crippen MR) is 119 cm³/mol. The van der Waals surface area contributed by atoms with Crippen LogP contribution < -0.4 is 14.8 Å². The number of ether oxygens (including phenoxy) is 2. The number of anilines is 2. The first-order valence-electron chi connectivity index (χ1n) is 10.2. The van der Waals surface area contributed by atoms with Gasteiger partial charge in [0.1, 0.15) is 5.82 Å². The second kappa shape index (κ2) is 8.58. The summed E-state index contributed by atoms with van der Waals surface area (Å²) >= 11 is 0. The fourth-order valence-electron chi connectivity index (χ4n) is 3.69. The van der Waals surface area contributed by atoms with Gasteiger partial charge in [0, 0.05) is 23.2 Å². The second-order valence-corrected chi connectivity index (χ2v) is 9.13. The standard InChI is InChI=1S/C22H25FN3O5P/c1-5-13(2)31-32(27,28)26-21-17-12-20(30-4)19(29-3)10-14(17)9-18(21)22(25-26)24-16-8-6-7-15(23)11-16/h6-8,10-13H,5,9H2,1-4H3,(H,24,25)(H,27,28). The number of fused-ring (bicyclic) bond motifs is 3. The maximum atomic E-state index is 13.7. The van der Waals surface area contributed by atoms with Gasteiger partial charge in [-0.3, -0.25) is 4.52 Å². The van der Waals surface area contributed by atoms with E-state index in [1.807, 2.05) is 13.0 Å². The van der Waals surface area contributed by atoms with Crippen LogP contribution in [0.4, 0.5) is 15.9 Å². The number of aromatic nitrogens is 2. The normalized spacial score (nSPS) is 14.9. The zero-order valence-corrected chi connectivity index (χ0v) is 19.1. The van der Waals surface area contributed by atoms with Crippen molar-refractivity contribution >= 4 is 19.3 Å². The summed E-state index contributed by atoms with van der Waals surface area (Å²) in [7, 11) is -1.26. The topological polar surface area (TPSA) is 94.8 Å². The number of methoxy groups -OCH3 is 2. The number of nitrogens with one attached hydrogen (secondary N) is 1. The molecule has 0 aliphatic heterocycles. The highest BCUT2D eigenvalue weighted by Crippen LogP contribution is 2.54. The van der Waals surface area contributed by atoms with E-state index in [-0.39, 0.29) is 0 Å². The van der Waals surface area contributed by atoms with Crippen LogP contribution in [0.3, 0.4) is 0 Å². The number of rotatable bonds is 8. The van der Waals surface area contributed by atoms with E-state index in [9.17, 15) is 13.8 Å². The molecular formula is C22H25FN3O5P. The fraction of sp³-hybridized carbons (Fsp3) is 0.318. The number of hydrogen-bond acceptors (Lipinski definition) is 6. The number of halogens is 1. The molecule has 0 bridgehead atoms. The van der Waals surface area contributed by atoms with Gasteiger partial charge < -0.3 is 19.7 Å². The average Bonchev–Trinajstić information content (AvgIpc) is 3.30. The van der Waals surface area contributed by atoms with Crippen LogP contribution in [0, 0.1) is 5.82 Å². The third kappa shape index (κ3) is 3.99. The van der Waals surface area contributed by atoms with Crippen LogP contribution in [0.2, 0.25) is 0 Å². The minimum atomic E-state index is -4.33. The fourth-order valence-corrected chi connectivity index (χ4v) is 5.08. The number of benzene rings is 2. The summed E-state index contributed by atoms with van der Waals surface area (Å²) in [5.74, 6) is 0.985. The van der Waals surface area contributed by atoms with Crippen molar-refractivity contribution in [2.24, 2.45) is 0 Å². The van der Waals surface area contributed by atoms with E-state index in [2.05, 4.69) is 10.4 Å². The molecule has 1 heterocycles. The molecule has 3 aromatic rings. The second-order valence-electron chi connectivity index (χ2n) is 7.56. The first-order valence-corrected chi connectivity index (χ1v) is 11.7. The molecule has 0 amide bonds. The van der Waals surface area contributed by atoms with Crippen LogP contribution in [-0.2, 0) is 15.5 Å². The zero-order valence-electron chi connectivity index (χ0n) is 18.3. The van der Waals surface area contributed by atoms with Gasteiger partial charge in [0.2, 0.25) is 0 Å². The van der Waals surface area contributed by atoms with Crippen LogP contribution >= 0.6 is 7.75 Å². The minimum Gasteiger partial charge on any atom is -0.493 e. The molecule has 1 aliphatic carbocycles. The molecule has 10 heteroatoms. The van der Waals surface area contributed by atoms with Crippen molar-refractivity contribution in [3.8, 4) is 22.8 Å². The molecule has 2 unspecified atom stereocenters. The molecule has 0 saturated carbocycles. The number of nitrogens with zero attached hydrogens (tertiary/aromatic N) is 2. The lowest BCUT2D eigenvalue weighted by Gasteiger charge is -2.18. The molecule has 0 fully saturated rings. The molecule has 0 spiro atoms. The molecule has 2 aromatic carbocycles. The Morgan fingerprint density at radius 3 is 2.62 bits per heavy atom. The summed E-state index contributed by atoms with van der Waals surface area (Å²) in [5.41, 5.74) is 3.20. The first-order chi connectivity index (χ1) is 15.3. The van der Waals surface area contributed by atoms with Gasteiger partial charge in [0.25, 0.3) is 0 Å². The molecule has 0 saturated heterocycles. The van der Waals surface area contributed by atoms with Gasteiger partial charge in [-0.15, -0.1) is 5.10 Å². The van der Waals surface area contributed by atoms with E-state index in [0.29, 0.717) is 52.7 Å². The Balaban J connectivity index is 1.87. The number of hydrogen-bond donors (Lipinski definition) is 2. The van der Waals surface area contributed by atoms with Crippen molar-refractivity contribution in [1.29, 1.82) is 0 Å². The van der Waals surface area contributed by atoms with Crippen molar-refractivity contribution in [3.05, 3.63) is 53.3 Å². The van der Waals surface area contributed by atoms with Crippen LogP contribution in [0.25, 0.3) is 11.3 Å². The summed E-state index contributed by atoms with van der Waals surface area (Å²) in [4.78, 5) is 10.8. The van der Waals surface area contributed by atoms with E-state index < -0.39 is 19.7 Å². The Kier molecular flexibility index (Phi) is 5.99. The molecule has 1 aromatic heterocycles. The van der Waals surface area contributed by atoms with Gasteiger partial charge in [-0.1, -0.05) is 13.0 Å². The molecule has 4 rings (SSSR count). The van der Waals surface area contributed by atoms with Crippen LogP contribution in [0.1, 0.15) is 31.4 Å². The maximum Gasteiger partial charge on any atom is 0.453 e. The molecule has 0 radical (unpaired) electrons. The highest BCUT2D eigenvalue weighted by atomic mass is 31.2. The van der Waals surface area contributed by atoms with Crippen LogP contribution in [0.15, 0.2) is 36.4 Å². The smallest absolute Gasteiger partial charge is 0.453 e. The quantitative estimate of drug-likeness (QED) is 0.352. The van der Waals surface area contributed by atoms with Gasteiger partial charge >= 0.3 is 7.75 Å². The SMILES string of the molecule is CCC(C)OP(=O)(O)n1nc(Nc2cccc(F)c2)c2c1-c1cc(OC)c(OC)cc1C2. The molecular weight excluding hydrogens is 436 g/mol. The lowest BCUT2D eigenvalue weighted by atomic mass is 10.1. The van der Waals surface area contributed by atoms with Gasteiger partial charge in [-0.05, 0) is 49.2 Å². The zero-order chi connectivity index (χ0) is 23.0. The highest BCUT2D eigenvalue weighted by Gasteiger charge is 2.37. The summed E-state index contributed by atoms with van der Waals surface area (Å²) in [6, 6.07) is 9.52. The van der Waals surface area contributed by atoms with Crippen LogP contribution in [-0.4, -0.2) is 34.8 Å². The van der Waals surface area contributed by atoms with Crippen molar-refractivity contribution in [1.82, 2.24) is 9.55 Å². The Labute approximate surface area is 185 Å². The summed E-state index contributed by atoms with van der Waals surface area (Å²) in [6.45, 7) is 3.59. The van der Waals surface area contributed by atoms with Gasteiger partial charge in [-0.25, -0.2) is 8.96 Å². The molecule has 2 atom stereocenters. The Hall–Kier alpha value is -2.87. The van der Waals surface area contributed by atoms with Crippen molar-refractivity contribution in [2.45, 2.75) is 32.8 Å². The Morgan fingerprint density at radius 1 is 1.25 bits per heavy atom. The molecule has 170 valence electrons. The first kappa shape index (κ1) is 22.3. The molecule has 32 heavy (non-hydrogen) atoms. The van der Waals surface area contributed by atoms with Crippen molar-refractivity contribution in [2.75, 3.05) is 19.5 Å². The van der Waals surface area contributed by atoms with E-state index in [4.69, 9.17) is 14.0 Å². The summed E-state index contributed by atoms with van der Waals surface area (Å²) < 4.78 is 44.3. The van der Waals surface area contributed by atoms with Crippen LogP contribution in [0.5, 0.6) is 11.5 Å². The molecule has 1 aliphatic rings. The van der Waals surface area contributed by atoms with Crippen molar-refractivity contribution < 1.29 is 27.8 Å². The lowest BCUT2D eigenvalue weighted by molar-refractivity contribution is 0.178. The Bertz CT molecular complexity index is 1210. The minimum absolute atomic E-state index is 0.349. The van der Waals surface area contributed by atoms with Gasteiger partial charge in [0.05, 0.1) is 26.0 Å². The van der Waals surface area contributed by atoms with Gasteiger partial charge in [-0.2, -0.15) is 4.45 Å². The van der Waals surface area contributed by atoms with E-state index in [0.717, 1.165) is 10.0 Å². The molecule has 2 N–H and O–H groups in total. The predicted octanol–water partition coefficient (Wildman–Crippen LogP) is 5.12. The third-order valence-electron chi connectivity index (χ3n) is 5.42. The lowest BCUT2D eigenvalue weighted by Crippen LogP contribution is -2.11. The Morgan fingerprint density at radius 2 is 1.97 bits per heavy atom. The summed E-state index contributed by atoms with van der Waals surface area (Å²) in [6.07, 6.45) is 0.548. The largest absolute Gasteiger partial charge is 0.493 e. The van der Waals surface area contributed by atoms with E-state index in [1.165, 1.54) is 19.2 Å². The summed E-state index contributed by atoms with van der Waals surface area (Å²) in [5, 5.41) is 7.46. The molecule has 8 nitrogen and oxygen atoms in total. The third-order valence-corrected chi connectivity index (χ3v) is 6.82. The average molecular weight is 461 g/mol. The highest BCUT2D eigenvalue weighted by molar-refractivity contribution is 7.51. The van der Waals surface area contributed by atoms with Gasteiger partial charge in [0.15, 0.2) is 17.3 Å². The van der Waals surface area contributed by atoms with E-state index >= 15 is 0 Å². The van der Waals surface area contributed by atoms with E-state index in [1.54, 1.807) is 32.2 Å². The van der Waals surface area contributed by atoms with Crippen molar-refractivity contribution in [3.63, 3.8) is 0 Å².